The van der Waals surface area contributed by atoms with Gasteiger partial charge in [0, 0.05) is 30.0 Å². The van der Waals surface area contributed by atoms with Crippen LogP contribution in [-0.4, -0.2) is 78.6 Å². The lowest BCUT2D eigenvalue weighted by atomic mass is 10.2. The molecule has 224 valence electrons. The number of phenols is 1. The van der Waals surface area contributed by atoms with Crippen LogP contribution in [0.4, 0.5) is 29.2 Å². The number of esters is 1. The van der Waals surface area contributed by atoms with Crippen molar-refractivity contribution < 1.29 is 28.9 Å². The topological polar surface area (TPSA) is 169 Å². The van der Waals surface area contributed by atoms with Gasteiger partial charge in [-0.25, -0.2) is 4.79 Å². The average Bonchev–Trinajstić information content (AvgIpc) is 3.03. The molecule has 5 N–H and O–H groups in total. The Bertz CT molecular complexity index is 1450. The number of rotatable bonds is 16. The highest BCUT2D eigenvalue weighted by Gasteiger charge is 2.10. The number of nitrogens with zero attached hydrogens (tertiary/aromatic N) is 3. The van der Waals surface area contributed by atoms with Gasteiger partial charge in [0.1, 0.15) is 5.75 Å². The standard InChI is InChI=1S/C30H33N7O6/c1-41-27(40)22-7-9-23(10-8-22)33-29-35-28(36-30(37-29)34-24-11-13-25(38)14-12-24)32-16-18-43-20-19-42-17-15-31-26(39)21-5-3-2-4-6-21/h2-14,38H,15-20H2,1H3,(H,31,39)(H3,32,33,34,35,36,37). The highest BCUT2D eigenvalue weighted by molar-refractivity contribution is 5.94. The van der Waals surface area contributed by atoms with Crippen LogP contribution in [0, 0.1) is 0 Å². The van der Waals surface area contributed by atoms with Crippen molar-refractivity contribution in [2.75, 3.05) is 62.6 Å². The molecule has 1 heterocycles. The summed E-state index contributed by atoms with van der Waals surface area (Å²) >= 11 is 0. The molecule has 1 aromatic heterocycles. The molecule has 0 radical (unpaired) electrons. The number of methoxy groups -OCH3 is 1. The van der Waals surface area contributed by atoms with E-state index >= 15 is 0 Å². The van der Waals surface area contributed by atoms with Crippen LogP contribution in [0.5, 0.6) is 5.75 Å². The van der Waals surface area contributed by atoms with E-state index in [9.17, 15) is 14.7 Å². The van der Waals surface area contributed by atoms with E-state index < -0.39 is 5.97 Å². The number of carbonyl (C=O) groups is 2. The van der Waals surface area contributed by atoms with E-state index in [2.05, 4.69) is 36.2 Å². The first-order valence-corrected chi connectivity index (χ1v) is 13.5. The maximum Gasteiger partial charge on any atom is 0.337 e. The van der Waals surface area contributed by atoms with Crippen LogP contribution in [0.3, 0.4) is 0 Å². The minimum atomic E-state index is -0.431. The van der Waals surface area contributed by atoms with Gasteiger partial charge in [-0.2, -0.15) is 15.0 Å². The molecule has 0 saturated heterocycles. The minimum Gasteiger partial charge on any atom is -0.508 e. The number of hydrogen-bond donors (Lipinski definition) is 5. The minimum absolute atomic E-state index is 0.138. The first kappa shape index (κ1) is 30.7. The second-order valence-electron chi connectivity index (χ2n) is 8.95. The Morgan fingerprint density at radius 3 is 1.84 bits per heavy atom. The third-order valence-corrected chi connectivity index (χ3v) is 5.79. The van der Waals surface area contributed by atoms with Gasteiger partial charge < -0.3 is 40.6 Å². The van der Waals surface area contributed by atoms with Gasteiger partial charge in [0.2, 0.25) is 17.8 Å². The number of ether oxygens (including phenoxy) is 3. The molecular weight excluding hydrogens is 554 g/mol. The Morgan fingerprint density at radius 1 is 0.674 bits per heavy atom. The number of nitrogens with one attached hydrogen (secondary N) is 4. The Morgan fingerprint density at radius 2 is 1.23 bits per heavy atom. The van der Waals surface area contributed by atoms with E-state index in [-0.39, 0.29) is 23.6 Å². The Labute approximate surface area is 248 Å². The Balaban J connectivity index is 1.23. The monoisotopic (exact) mass is 587 g/mol. The molecule has 13 heteroatoms. The summed E-state index contributed by atoms with van der Waals surface area (Å²) in [6.45, 7) is 2.34. The molecule has 3 aromatic carbocycles. The van der Waals surface area contributed by atoms with Crippen LogP contribution in [0.2, 0.25) is 0 Å². The molecule has 1 amide bonds. The maximum atomic E-state index is 12.0. The van der Waals surface area contributed by atoms with E-state index in [1.165, 1.54) is 7.11 Å². The molecule has 0 unspecified atom stereocenters. The fraction of sp³-hybridized carbons (Fsp3) is 0.233. The van der Waals surface area contributed by atoms with Crippen LogP contribution in [-0.2, 0) is 14.2 Å². The van der Waals surface area contributed by atoms with Crippen molar-refractivity contribution in [2.45, 2.75) is 0 Å². The lowest BCUT2D eigenvalue weighted by Crippen LogP contribution is -2.27. The van der Waals surface area contributed by atoms with Gasteiger partial charge in [0.25, 0.3) is 5.91 Å². The molecule has 0 spiro atoms. The van der Waals surface area contributed by atoms with Gasteiger partial charge in [-0.05, 0) is 60.7 Å². The summed E-state index contributed by atoms with van der Waals surface area (Å²) in [4.78, 5) is 37.0. The summed E-state index contributed by atoms with van der Waals surface area (Å²) in [5, 5.41) is 21.7. The van der Waals surface area contributed by atoms with Crippen LogP contribution in [0.1, 0.15) is 20.7 Å². The molecule has 0 aliphatic rings. The Kier molecular flexibility index (Phi) is 11.6. The first-order valence-electron chi connectivity index (χ1n) is 13.5. The zero-order chi connectivity index (χ0) is 30.3. The van der Waals surface area contributed by atoms with Crippen LogP contribution in [0.25, 0.3) is 0 Å². The van der Waals surface area contributed by atoms with Crippen molar-refractivity contribution in [1.82, 2.24) is 20.3 Å². The average molecular weight is 588 g/mol. The van der Waals surface area contributed by atoms with Crippen molar-refractivity contribution in [3.63, 3.8) is 0 Å². The van der Waals surface area contributed by atoms with Gasteiger partial charge in [0.05, 0.1) is 39.1 Å². The third-order valence-electron chi connectivity index (χ3n) is 5.79. The number of phenolic OH excluding ortho intramolecular Hbond substituents is 1. The summed E-state index contributed by atoms with van der Waals surface area (Å²) in [5.74, 6) is 0.408. The van der Waals surface area contributed by atoms with E-state index in [4.69, 9.17) is 14.2 Å². The number of aromatic hydroxyl groups is 1. The van der Waals surface area contributed by atoms with Gasteiger partial charge in [-0.1, -0.05) is 18.2 Å². The van der Waals surface area contributed by atoms with Crippen molar-refractivity contribution in [3.8, 4) is 5.75 Å². The molecule has 0 fully saturated rings. The highest BCUT2D eigenvalue weighted by Crippen LogP contribution is 2.21. The summed E-state index contributed by atoms with van der Waals surface area (Å²) in [6.07, 6.45) is 0. The van der Waals surface area contributed by atoms with Crippen LogP contribution >= 0.6 is 0 Å². The molecule has 4 rings (SSSR count). The summed E-state index contributed by atoms with van der Waals surface area (Å²) in [7, 11) is 1.33. The van der Waals surface area contributed by atoms with E-state index in [1.54, 1.807) is 60.7 Å². The number of benzene rings is 3. The van der Waals surface area contributed by atoms with Crippen LogP contribution in [0.15, 0.2) is 78.9 Å². The van der Waals surface area contributed by atoms with E-state index in [0.29, 0.717) is 68.0 Å². The van der Waals surface area contributed by atoms with Crippen molar-refractivity contribution in [2.24, 2.45) is 0 Å². The van der Waals surface area contributed by atoms with Gasteiger partial charge in [-0.3, -0.25) is 4.79 Å². The van der Waals surface area contributed by atoms with E-state index in [1.807, 2.05) is 18.2 Å². The summed E-state index contributed by atoms with van der Waals surface area (Å²) in [6, 6.07) is 22.2. The number of anilines is 5. The molecule has 0 saturated carbocycles. The quantitative estimate of drug-likeness (QED) is 0.0733. The number of hydrogen-bond acceptors (Lipinski definition) is 12. The van der Waals surface area contributed by atoms with Crippen molar-refractivity contribution >= 4 is 41.1 Å². The van der Waals surface area contributed by atoms with Crippen molar-refractivity contribution in [3.05, 3.63) is 90.0 Å². The lowest BCUT2D eigenvalue weighted by Gasteiger charge is -2.12. The fourth-order valence-corrected chi connectivity index (χ4v) is 3.66. The van der Waals surface area contributed by atoms with Crippen LogP contribution < -0.4 is 21.3 Å². The third kappa shape index (κ3) is 10.3. The van der Waals surface area contributed by atoms with Gasteiger partial charge >= 0.3 is 5.97 Å². The van der Waals surface area contributed by atoms with Crippen molar-refractivity contribution in [1.29, 1.82) is 0 Å². The van der Waals surface area contributed by atoms with Gasteiger partial charge in [0.15, 0.2) is 0 Å². The fourth-order valence-electron chi connectivity index (χ4n) is 3.66. The first-order chi connectivity index (χ1) is 21.0. The number of aromatic nitrogens is 3. The number of amides is 1. The molecule has 0 aliphatic heterocycles. The largest absolute Gasteiger partial charge is 0.508 e. The number of carbonyl (C=O) groups excluding carboxylic acids is 2. The molecule has 0 bridgehead atoms. The normalized spacial score (nSPS) is 10.5. The molecule has 0 aliphatic carbocycles. The molecular formula is C30H33N7O6. The summed E-state index contributed by atoms with van der Waals surface area (Å²) in [5.41, 5.74) is 2.35. The lowest BCUT2D eigenvalue weighted by molar-refractivity contribution is 0.0519. The second-order valence-corrected chi connectivity index (χ2v) is 8.95. The second kappa shape index (κ2) is 16.2. The zero-order valence-electron chi connectivity index (χ0n) is 23.6. The van der Waals surface area contributed by atoms with Gasteiger partial charge in [-0.15, -0.1) is 0 Å². The summed E-state index contributed by atoms with van der Waals surface area (Å²) < 4.78 is 15.9. The predicted octanol–water partition coefficient (Wildman–Crippen LogP) is 3.73. The SMILES string of the molecule is COC(=O)c1ccc(Nc2nc(NCCOCCOCCNC(=O)c3ccccc3)nc(Nc3ccc(O)cc3)n2)cc1. The highest BCUT2D eigenvalue weighted by atomic mass is 16.5. The molecule has 0 atom stereocenters. The molecule has 13 nitrogen and oxygen atoms in total. The zero-order valence-corrected chi connectivity index (χ0v) is 23.6. The Hall–Kier alpha value is -5.27. The smallest absolute Gasteiger partial charge is 0.337 e. The van der Waals surface area contributed by atoms with E-state index in [0.717, 1.165) is 0 Å². The molecule has 4 aromatic rings. The predicted molar refractivity (Wildman–Crippen MR) is 161 cm³/mol. The maximum absolute atomic E-state index is 12.0. The molecule has 43 heavy (non-hydrogen) atoms.